The second kappa shape index (κ2) is 3.73. The van der Waals surface area contributed by atoms with Gasteiger partial charge in [0.2, 0.25) is 7.37 Å². The van der Waals surface area contributed by atoms with Crippen molar-refractivity contribution < 1.29 is 9.46 Å². The van der Waals surface area contributed by atoms with Crippen LogP contribution >= 0.6 is 7.37 Å². The van der Waals surface area contributed by atoms with E-state index >= 15 is 0 Å². The highest BCUT2D eigenvalue weighted by molar-refractivity contribution is 7.58. The lowest BCUT2D eigenvalue weighted by Gasteiger charge is -2.16. The molecule has 0 radical (unpaired) electrons. The molecule has 0 amide bonds. The van der Waals surface area contributed by atoms with Crippen molar-refractivity contribution in [2.75, 3.05) is 6.16 Å². The predicted octanol–water partition coefficient (Wildman–Crippen LogP) is 2.61. The van der Waals surface area contributed by atoms with Crippen molar-refractivity contribution in [2.24, 2.45) is 0 Å². The lowest BCUT2D eigenvalue weighted by Crippen LogP contribution is -2.05. The Bertz CT molecular complexity index is 161. The van der Waals surface area contributed by atoms with Crippen molar-refractivity contribution in [3.8, 4) is 0 Å². The highest BCUT2D eigenvalue weighted by atomic mass is 31.2. The first-order chi connectivity index (χ1) is 5.17. The standard InChI is InChI=1S/C8H17O2P/c1-2-7-11(9,10)8-5-3-4-6-8/h8H,2-7H2,1H3,(H,9,10). The fourth-order valence-electron chi connectivity index (χ4n) is 1.81. The molecule has 0 aliphatic heterocycles. The zero-order chi connectivity index (χ0) is 8.32. The van der Waals surface area contributed by atoms with Crippen molar-refractivity contribution >= 4 is 7.37 Å². The van der Waals surface area contributed by atoms with Gasteiger partial charge in [-0.2, -0.15) is 0 Å². The third-order valence-corrected chi connectivity index (χ3v) is 5.18. The Balaban J connectivity index is 2.48. The molecule has 0 spiro atoms. The molecule has 0 saturated heterocycles. The highest BCUT2D eigenvalue weighted by Crippen LogP contribution is 2.53. The number of hydrogen-bond donors (Lipinski definition) is 1. The van der Waals surface area contributed by atoms with Crippen LogP contribution in [-0.2, 0) is 4.57 Å². The molecule has 2 nitrogen and oxygen atoms in total. The summed E-state index contributed by atoms with van der Waals surface area (Å²) in [5.41, 5.74) is 0.141. The minimum absolute atomic E-state index is 0.141. The van der Waals surface area contributed by atoms with Gasteiger partial charge in [0.15, 0.2) is 0 Å². The molecule has 0 heterocycles. The molecule has 1 aliphatic carbocycles. The Morgan fingerprint density at radius 3 is 2.45 bits per heavy atom. The maximum absolute atomic E-state index is 11.6. The van der Waals surface area contributed by atoms with Gasteiger partial charge in [0, 0.05) is 11.8 Å². The van der Waals surface area contributed by atoms with E-state index in [0.29, 0.717) is 6.16 Å². The fraction of sp³-hybridized carbons (Fsp3) is 1.00. The first-order valence-corrected chi connectivity index (χ1v) is 6.39. The van der Waals surface area contributed by atoms with Crippen LogP contribution in [0.2, 0.25) is 0 Å². The van der Waals surface area contributed by atoms with Gasteiger partial charge in [0.05, 0.1) is 0 Å². The predicted molar refractivity (Wildman–Crippen MR) is 47.2 cm³/mol. The maximum Gasteiger partial charge on any atom is 0.203 e. The van der Waals surface area contributed by atoms with Crippen LogP contribution in [0.25, 0.3) is 0 Å². The Hall–Kier alpha value is 0.190. The van der Waals surface area contributed by atoms with Gasteiger partial charge in [-0.05, 0) is 19.3 Å². The summed E-state index contributed by atoms with van der Waals surface area (Å²) in [4.78, 5) is 9.57. The van der Waals surface area contributed by atoms with Crippen LogP contribution in [0.4, 0.5) is 0 Å². The molecule has 1 fully saturated rings. The molecule has 1 saturated carbocycles. The summed E-state index contributed by atoms with van der Waals surface area (Å²) in [6.45, 7) is 1.97. The summed E-state index contributed by atoms with van der Waals surface area (Å²) in [5.74, 6) is 0. The fourth-order valence-corrected chi connectivity index (χ4v) is 3.99. The van der Waals surface area contributed by atoms with Crippen molar-refractivity contribution in [1.29, 1.82) is 0 Å². The van der Waals surface area contributed by atoms with E-state index in [2.05, 4.69) is 0 Å². The highest BCUT2D eigenvalue weighted by Gasteiger charge is 2.31. The van der Waals surface area contributed by atoms with E-state index in [1.165, 1.54) is 0 Å². The quantitative estimate of drug-likeness (QED) is 0.671. The molecule has 3 heteroatoms. The molecule has 0 bridgehead atoms. The molecule has 0 aromatic rings. The molecule has 11 heavy (non-hydrogen) atoms. The molecule has 1 aliphatic rings. The van der Waals surface area contributed by atoms with E-state index in [4.69, 9.17) is 0 Å². The number of rotatable bonds is 3. The SMILES string of the molecule is CCCP(=O)(O)C1CCCC1. The molecule has 0 aromatic heterocycles. The van der Waals surface area contributed by atoms with E-state index in [1.807, 2.05) is 6.92 Å². The van der Waals surface area contributed by atoms with Crippen molar-refractivity contribution in [3.05, 3.63) is 0 Å². The second-order valence-electron chi connectivity index (χ2n) is 3.42. The first-order valence-electron chi connectivity index (χ1n) is 4.48. The summed E-state index contributed by atoms with van der Waals surface area (Å²) < 4.78 is 11.6. The third kappa shape index (κ3) is 2.31. The summed E-state index contributed by atoms with van der Waals surface area (Å²) in [6, 6.07) is 0. The minimum atomic E-state index is -2.74. The van der Waals surface area contributed by atoms with E-state index < -0.39 is 7.37 Å². The average Bonchev–Trinajstić information content (AvgIpc) is 2.37. The molecule has 1 rings (SSSR count). The zero-order valence-corrected chi connectivity index (χ0v) is 8.02. The molecule has 1 N–H and O–H groups in total. The molecule has 0 aromatic carbocycles. The van der Waals surface area contributed by atoms with Gasteiger partial charge in [0.1, 0.15) is 0 Å². The van der Waals surface area contributed by atoms with E-state index in [9.17, 15) is 9.46 Å². The Morgan fingerprint density at radius 1 is 1.45 bits per heavy atom. The Morgan fingerprint density at radius 2 is 2.00 bits per heavy atom. The van der Waals surface area contributed by atoms with Gasteiger partial charge in [0.25, 0.3) is 0 Å². The lowest BCUT2D eigenvalue weighted by molar-refractivity contribution is 0.461. The molecular formula is C8H17O2P. The van der Waals surface area contributed by atoms with Crippen LogP contribution in [0.5, 0.6) is 0 Å². The number of hydrogen-bond acceptors (Lipinski definition) is 1. The summed E-state index contributed by atoms with van der Waals surface area (Å²) in [5, 5.41) is 0. The van der Waals surface area contributed by atoms with E-state index in [0.717, 1.165) is 32.1 Å². The van der Waals surface area contributed by atoms with Crippen LogP contribution in [0.15, 0.2) is 0 Å². The van der Waals surface area contributed by atoms with Crippen LogP contribution in [0.3, 0.4) is 0 Å². The van der Waals surface area contributed by atoms with Crippen molar-refractivity contribution in [1.82, 2.24) is 0 Å². The second-order valence-corrected chi connectivity index (χ2v) is 6.11. The van der Waals surface area contributed by atoms with Crippen LogP contribution in [0, 0.1) is 0 Å². The van der Waals surface area contributed by atoms with Crippen molar-refractivity contribution in [3.63, 3.8) is 0 Å². The normalized spacial score (nSPS) is 25.3. The monoisotopic (exact) mass is 176 g/mol. The molecule has 1 unspecified atom stereocenters. The van der Waals surface area contributed by atoms with Gasteiger partial charge in [-0.3, -0.25) is 4.57 Å². The van der Waals surface area contributed by atoms with Crippen LogP contribution < -0.4 is 0 Å². The third-order valence-electron chi connectivity index (χ3n) is 2.44. The topological polar surface area (TPSA) is 37.3 Å². The lowest BCUT2D eigenvalue weighted by atomic mass is 10.4. The Labute approximate surface area is 68.5 Å². The maximum atomic E-state index is 11.6. The smallest absolute Gasteiger partial charge is 0.203 e. The van der Waals surface area contributed by atoms with E-state index in [1.54, 1.807) is 0 Å². The first kappa shape index (κ1) is 9.28. The minimum Gasteiger partial charge on any atom is -0.344 e. The van der Waals surface area contributed by atoms with Crippen LogP contribution in [0.1, 0.15) is 39.0 Å². The summed E-state index contributed by atoms with van der Waals surface area (Å²) in [7, 11) is -2.74. The van der Waals surface area contributed by atoms with Gasteiger partial charge in [-0.1, -0.05) is 19.8 Å². The van der Waals surface area contributed by atoms with Gasteiger partial charge in [-0.15, -0.1) is 0 Å². The summed E-state index contributed by atoms with van der Waals surface area (Å²) in [6.07, 6.45) is 5.63. The van der Waals surface area contributed by atoms with E-state index in [-0.39, 0.29) is 5.66 Å². The van der Waals surface area contributed by atoms with Gasteiger partial charge in [-0.25, -0.2) is 0 Å². The largest absolute Gasteiger partial charge is 0.344 e. The molecule has 66 valence electrons. The Kier molecular flexibility index (Phi) is 3.15. The summed E-state index contributed by atoms with van der Waals surface area (Å²) >= 11 is 0. The van der Waals surface area contributed by atoms with Crippen LogP contribution in [-0.4, -0.2) is 16.7 Å². The van der Waals surface area contributed by atoms with Gasteiger partial charge < -0.3 is 4.89 Å². The van der Waals surface area contributed by atoms with Gasteiger partial charge >= 0.3 is 0 Å². The van der Waals surface area contributed by atoms with Crippen molar-refractivity contribution in [2.45, 2.75) is 44.7 Å². The zero-order valence-electron chi connectivity index (χ0n) is 7.12. The molecular weight excluding hydrogens is 159 g/mol. The average molecular weight is 176 g/mol. The molecule has 1 atom stereocenters.